The minimum atomic E-state index is 0.696. The lowest BCUT2D eigenvalue weighted by atomic mass is 9.86. The number of imidazole rings is 2. The number of para-hydroxylation sites is 4. The molecule has 40 heavy (non-hydrogen) atoms. The minimum Gasteiger partial charge on any atom is -0.317 e. The topological polar surface area (TPSA) is 35.6 Å². The van der Waals surface area contributed by atoms with Crippen LogP contribution in [0.5, 0.6) is 0 Å². The van der Waals surface area contributed by atoms with Gasteiger partial charge in [0.1, 0.15) is 0 Å². The van der Waals surface area contributed by atoms with E-state index < -0.39 is 0 Å². The first-order chi connectivity index (χ1) is 19.8. The van der Waals surface area contributed by atoms with Crippen LogP contribution in [0, 0.1) is 0 Å². The maximum atomic E-state index is 5.18. The molecular weight excluding hydrogens is 488 g/mol. The summed E-state index contributed by atoms with van der Waals surface area (Å²) in [5.41, 5.74) is 9.39. The van der Waals surface area contributed by atoms with Gasteiger partial charge in [-0.15, -0.1) is 0 Å². The highest BCUT2D eigenvalue weighted by atomic mass is 15.2. The molecule has 6 aromatic carbocycles. The highest BCUT2D eigenvalue weighted by Gasteiger charge is 2.25. The van der Waals surface area contributed by atoms with E-state index in [4.69, 9.17) is 9.97 Å². The molecule has 1 aliphatic rings. The zero-order valence-corrected chi connectivity index (χ0v) is 21.8. The van der Waals surface area contributed by atoms with Crippen LogP contribution >= 0.6 is 0 Å². The normalized spacial score (nSPS) is 12.8. The Hall–Kier alpha value is -5.22. The van der Waals surface area contributed by atoms with Crippen LogP contribution in [0.15, 0.2) is 121 Å². The van der Waals surface area contributed by atoms with E-state index in [1.807, 2.05) is 0 Å². The van der Waals surface area contributed by atoms with Gasteiger partial charge in [0, 0.05) is 0 Å². The molecule has 4 nitrogen and oxygen atoms in total. The molecule has 0 N–H and O–H groups in total. The molecule has 9 rings (SSSR count). The predicted octanol–water partition coefficient (Wildman–Crippen LogP) is 8.44. The number of hydrogen-bond acceptors (Lipinski definition) is 2. The van der Waals surface area contributed by atoms with Gasteiger partial charge in [0.25, 0.3) is 0 Å². The lowest BCUT2D eigenvalue weighted by Crippen LogP contribution is -2.12. The molecular formula is C36H24N4. The molecule has 2 aromatic heterocycles. The van der Waals surface area contributed by atoms with Gasteiger partial charge in [0.15, 0.2) is 11.6 Å². The van der Waals surface area contributed by atoms with E-state index in [1.165, 1.54) is 43.8 Å². The SMILES string of the molecule is c1ccc2c3c(ccc2c1)Cn1c(nc2ccccc21)-c1nc2ccccc2n1Cc1ccc2ccccc2c1-3. The summed E-state index contributed by atoms with van der Waals surface area (Å²) < 4.78 is 4.72. The molecule has 188 valence electrons. The zero-order valence-electron chi connectivity index (χ0n) is 21.8. The Morgan fingerprint density at radius 3 is 1.35 bits per heavy atom. The van der Waals surface area contributed by atoms with Crippen molar-refractivity contribution in [1.29, 1.82) is 0 Å². The minimum absolute atomic E-state index is 0.696. The number of nitrogens with zero attached hydrogens (tertiary/aromatic N) is 4. The van der Waals surface area contributed by atoms with E-state index in [0.717, 1.165) is 33.7 Å². The molecule has 0 radical (unpaired) electrons. The highest BCUT2D eigenvalue weighted by Crippen LogP contribution is 2.42. The van der Waals surface area contributed by atoms with Crippen LogP contribution in [0.1, 0.15) is 11.1 Å². The van der Waals surface area contributed by atoms with Gasteiger partial charge in [0.2, 0.25) is 0 Å². The van der Waals surface area contributed by atoms with Crippen molar-refractivity contribution in [2.75, 3.05) is 0 Å². The second-order valence-electron chi connectivity index (χ2n) is 10.7. The van der Waals surface area contributed by atoms with E-state index in [9.17, 15) is 0 Å². The Kier molecular flexibility index (Phi) is 4.41. The summed E-state index contributed by atoms with van der Waals surface area (Å²) in [5, 5.41) is 5.06. The highest BCUT2D eigenvalue weighted by molar-refractivity contribution is 6.08. The monoisotopic (exact) mass is 512 g/mol. The van der Waals surface area contributed by atoms with Crippen molar-refractivity contribution in [2.45, 2.75) is 13.1 Å². The lowest BCUT2D eigenvalue weighted by molar-refractivity contribution is 0.781. The van der Waals surface area contributed by atoms with Crippen LogP contribution in [-0.4, -0.2) is 19.1 Å². The molecule has 0 amide bonds. The Labute approximate surface area is 230 Å². The molecule has 0 unspecified atom stereocenters. The Morgan fingerprint density at radius 1 is 0.425 bits per heavy atom. The quantitative estimate of drug-likeness (QED) is 0.204. The first-order valence-electron chi connectivity index (χ1n) is 13.8. The largest absolute Gasteiger partial charge is 0.317 e. The molecule has 0 spiro atoms. The molecule has 0 bridgehead atoms. The van der Waals surface area contributed by atoms with Crippen molar-refractivity contribution >= 4 is 43.6 Å². The summed E-state index contributed by atoms with van der Waals surface area (Å²) in [5.74, 6) is 1.81. The van der Waals surface area contributed by atoms with E-state index >= 15 is 0 Å². The summed E-state index contributed by atoms with van der Waals surface area (Å²) in [6.07, 6.45) is 0. The number of fused-ring (bicyclic) bond motifs is 14. The molecule has 1 aliphatic heterocycles. The number of rotatable bonds is 0. The van der Waals surface area contributed by atoms with Crippen LogP contribution in [0.2, 0.25) is 0 Å². The summed E-state index contributed by atoms with van der Waals surface area (Å²) >= 11 is 0. The standard InChI is InChI=1S/C36H24N4/c1-3-11-27-23(9-1)17-19-25-21-39-31-15-7-5-13-29(31)37-35(39)36-38-30-14-6-8-16-32(30)40(36)22-26-20-18-24-10-2-4-12-28(24)34(26)33(25)27/h1-20H,21-22H2. The zero-order chi connectivity index (χ0) is 26.2. The Bertz CT molecular complexity index is 2120. The second-order valence-corrected chi connectivity index (χ2v) is 10.7. The Morgan fingerprint density at radius 2 is 0.850 bits per heavy atom. The van der Waals surface area contributed by atoms with Gasteiger partial charge in [0.05, 0.1) is 35.2 Å². The molecule has 4 heteroatoms. The van der Waals surface area contributed by atoms with E-state index in [-0.39, 0.29) is 0 Å². The van der Waals surface area contributed by atoms with Crippen LogP contribution in [0.4, 0.5) is 0 Å². The van der Waals surface area contributed by atoms with Gasteiger partial charge in [-0.2, -0.15) is 0 Å². The molecule has 0 fully saturated rings. The van der Waals surface area contributed by atoms with E-state index in [0.29, 0.717) is 13.1 Å². The average molecular weight is 513 g/mol. The van der Waals surface area contributed by atoms with Crippen LogP contribution in [0.3, 0.4) is 0 Å². The van der Waals surface area contributed by atoms with Crippen molar-refractivity contribution in [2.24, 2.45) is 0 Å². The third kappa shape index (κ3) is 3.02. The maximum Gasteiger partial charge on any atom is 0.177 e. The van der Waals surface area contributed by atoms with Crippen LogP contribution in [0.25, 0.3) is 66.4 Å². The van der Waals surface area contributed by atoms with Crippen molar-refractivity contribution in [1.82, 2.24) is 19.1 Å². The summed E-state index contributed by atoms with van der Waals surface area (Å²) in [4.78, 5) is 10.4. The smallest absolute Gasteiger partial charge is 0.177 e. The molecule has 0 aliphatic carbocycles. The third-order valence-electron chi connectivity index (χ3n) is 8.45. The lowest BCUT2D eigenvalue weighted by Gasteiger charge is -2.23. The summed E-state index contributed by atoms with van der Waals surface area (Å²) in [7, 11) is 0. The van der Waals surface area contributed by atoms with Crippen molar-refractivity contribution in [3.05, 3.63) is 132 Å². The first-order valence-corrected chi connectivity index (χ1v) is 13.8. The number of aromatic nitrogens is 4. The second kappa shape index (κ2) is 8.14. The van der Waals surface area contributed by atoms with Gasteiger partial charge >= 0.3 is 0 Å². The van der Waals surface area contributed by atoms with E-state index in [1.54, 1.807) is 0 Å². The molecule has 3 heterocycles. The fraction of sp³-hybridized carbons (Fsp3) is 0.0556. The molecule has 0 saturated carbocycles. The average Bonchev–Trinajstić information content (AvgIpc) is 3.55. The molecule has 0 saturated heterocycles. The maximum absolute atomic E-state index is 5.18. The van der Waals surface area contributed by atoms with Crippen molar-refractivity contribution in [3.8, 4) is 22.8 Å². The van der Waals surface area contributed by atoms with Gasteiger partial charge in [-0.3, -0.25) is 0 Å². The number of hydrogen-bond donors (Lipinski definition) is 0. The van der Waals surface area contributed by atoms with Gasteiger partial charge < -0.3 is 9.13 Å². The fourth-order valence-corrected chi connectivity index (χ4v) is 6.64. The summed E-state index contributed by atoms with van der Waals surface area (Å²) in [6.45, 7) is 1.39. The van der Waals surface area contributed by atoms with Crippen LogP contribution in [-0.2, 0) is 13.1 Å². The summed E-state index contributed by atoms with van der Waals surface area (Å²) in [6, 6.07) is 43.6. The van der Waals surface area contributed by atoms with Crippen molar-refractivity contribution < 1.29 is 0 Å². The van der Waals surface area contributed by atoms with Gasteiger partial charge in [-0.25, -0.2) is 9.97 Å². The van der Waals surface area contributed by atoms with E-state index in [2.05, 4.69) is 130 Å². The van der Waals surface area contributed by atoms with Crippen molar-refractivity contribution in [3.63, 3.8) is 0 Å². The first kappa shape index (κ1) is 21.7. The number of benzene rings is 6. The predicted molar refractivity (Wildman–Crippen MR) is 164 cm³/mol. The van der Waals surface area contributed by atoms with Gasteiger partial charge in [-0.1, -0.05) is 97.1 Å². The molecule has 8 aromatic rings. The molecule has 0 atom stereocenters. The fourth-order valence-electron chi connectivity index (χ4n) is 6.64. The third-order valence-corrected chi connectivity index (χ3v) is 8.45. The van der Waals surface area contributed by atoms with Gasteiger partial charge in [-0.05, 0) is 68.1 Å². The van der Waals surface area contributed by atoms with Crippen LogP contribution < -0.4 is 0 Å². The Balaban J connectivity index is 1.49.